The van der Waals surface area contributed by atoms with Gasteiger partial charge < -0.3 is 10.6 Å². The lowest BCUT2D eigenvalue weighted by atomic mass is 10.0. The lowest BCUT2D eigenvalue weighted by molar-refractivity contribution is 0.173. The topological polar surface area (TPSA) is 45.4 Å². The molecule has 1 heterocycles. The van der Waals surface area contributed by atoms with Gasteiger partial charge in [-0.15, -0.1) is 0 Å². The molecule has 0 saturated carbocycles. The molecule has 1 aromatic rings. The first kappa shape index (κ1) is 16.1. The molecular formula is C15H28N4. The van der Waals surface area contributed by atoms with Gasteiger partial charge in [0.2, 0.25) is 0 Å². The first-order chi connectivity index (χ1) is 9.06. The molecule has 2 N–H and O–H groups in total. The van der Waals surface area contributed by atoms with Gasteiger partial charge in [0.25, 0.3) is 0 Å². The zero-order chi connectivity index (χ0) is 14.3. The summed E-state index contributed by atoms with van der Waals surface area (Å²) >= 11 is 0. The van der Waals surface area contributed by atoms with E-state index in [1.165, 1.54) is 0 Å². The van der Waals surface area contributed by atoms with Gasteiger partial charge in [0, 0.05) is 18.8 Å². The van der Waals surface area contributed by atoms with E-state index in [-0.39, 0.29) is 12.1 Å². The Morgan fingerprint density at radius 3 is 2.47 bits per heavy atom. The van der Waals surface area contributed by atoms with Crippen molar-refractivity contribution in [2.45, 2.75) is 32.4 Å². The highest BCUT2D eigenvalue weighted by atomic mass is 15.2. The third-order valence-electron chi connectivity index (χ3n) is 3.34. The van der Waals surface area contributed by atoms with Crippen LogP contribution in [0, 0.1) is 0 Å². The maximum atomic E-state index is 6.18. The van der Waals surface area contributed by atoms with Gasteiger partial charge in [-0.1, -0.05) is 13.0 Å². The number of nitrogens with two attached hydrogens (primary N) is 1. The zero-order valence-corrected chi connectivity index (χ0v) is 12.7. The minimum absolute atomic E-state index is 0.0780. The Morgan fingerprint density at radius 2 is 2.00 bits per heavy atom. The molecule has 0 saturated heterocycles. The van der Waals surface area contributed by atoms with E-state index in [0.29, 0.717) is 0 Å². The molecule has 4 heteroatoms. The summed E-state index contributed by atoms with van der Waals surface area (Å²) in [6, 6.07) is 6.33. The minimum atomic E-state index is 0.0780. The molecule has 0 radical (unpaired) electrons. The predicted octanol–water partition coefficient (Wildman–Crippen LogP) is 1.74. The average molecular weight is 264 g/mol. The molecule has 0 amide bonds. The smallest absolute Gasteiger partial charge is 0.0670 e. The summed E-state index contributed by atoms with van der Waals surface area (Å²) in [5, 5.41) is 0. The summed E-state index contributed by atoms with van der Waals surface area (Å²) in [6.45, 7) is 7.40. The second-order valence-corrected chi connectivity index (χ2v) is 5.34. The van der Waals surface area contributed by atoms with Crippen LogP contribution < -0.4 is 5.73 Å². The maximum Gasteiger partial charge on any atom is 0.0670 e. The monoisotopic (exact) mass is 264 g/mol. The van der Waals surface area contributed by atoms with Crippen LogP contribution >= 0.6 is 0 Å². The molecule has 2 unspecified atom stereocenters. The number of aromatic nitrogens is 1. The predicted molar refractivity (Wildman–Crippen MR) is 81.0 cm³/mol. The lowest BCUT2D eigenvalue weighted by Gasteiger charge is -2.33. The zero-order valence-electron chi connectivity index (χ0n) is 12.7. The molecule has 2 atom stereocenters. The molecular weight excluding hydrogens is 236 g/mol. The van der Waals surface area contributed by atoms with Crippen LogP contribution in [0.25, 0.3) is 0 Å². The van der Waals surface area contributed by atoms with Crippen LogP contribution in [0.1, 0.15) is 32.0 Å². The number of nitrogens with zero attached hydrogens (tertiary/aromatic N) is 3. The van der Waals surface area contributed by atoms with Gasteiger partial charge in [0.15, 0.2) is 0 Å². The van der Waals surface area contributed by atoms with Gasteiger partial charge in [-0.05, 0) is 52.7 Å². The van der Waals surface area contributed by atoms with E-state index in [1.807, 2.05) is 18.3 Å². The molecule has 0 bridgehead atoms. The fourth-order valence-corrected chi connectivity index (χ4v) is 2.42. The molecule has 0 fully saturated rings. The van der Waals surface area contributed by atoms with Gasteiger partial charge in [-0.25, -0.2) is 0 Å². The maximum absolute atomic E-state index is 6.18. The van der Waals surface area contributed by atoms with Crippen molar-refractivity contribution >= 4 is 0 Å². The average Bonchev–Trinajstić information content (AvgIpc) is 2.37. The number of hydrogen-bond acceptors (Lipinski definition) is 4. The van der Waals surface area contributed by atoms with Crippen molar-refractivity contribution in [3.63, 3.8) is 0 Å². The molecule has 0 aliphatic carbocycles. The van der Waals surface area contributed by atoms with E-state index in [9.17, 15) is 0 Å². The third-order valence-corrected chi connectivity index (χ3v) is 3.34. The van der Waals surface area contributed by atoms with Crippen molar-refractivity contribution in [2.24, 2.45) is 5.73 Å². The Labute approximate surface area is 117 Å². The molecule has 1 rings (SSSR count). The van der Waals surface area contributed by atoms with Gasteiger partial charge in [-0.2, -0.15) is 0 Å². The number of rotatable bonds is 8. The van der Waals surface area contributed by atoms with Crippen molar-refractivity contribution < 1.29 is 0 Å². The van der Waals surface area contributed by atoms with E-state index in [4.69, 9.17) is 5.73 Å². The number of pyridine rings is 1. The van der Waals surface area contributed by atoms with Gasteiger partial charge >= 0.3 is 0 Å². The van der Waals surface area contributed by atoms with Crippen LogP contribution in [-0.2, 0) is 0 Å². The van der Waals surface area contributed by atoms with Gasteiger partial charge in [0.05, 0.1) is 11.7 Å². The van der Waals surface area contributed by atoms with E-state index >= 15 is 0 Å². The van der Waals surface area contributed by atoms with Crippen LogP contribution in [-0.4, -0.2) is 54.6 Å². The van der Waals surface area contributed by atoms with Crippen molar-refractivity contribution in [1.29, 1.82) is 0 Å². The summed E-state index contributed by atoms with van der Waals surface area (Å²) in [5.41, 5.74) is 7.26. The summed E-state index contributed by atoms with van der Waals surface area (Å²) in [4.78, 5) is 9.13. The standard InChI is InChI=1S/C15H28N4/c1-5-19(12-8-11-18(3)4)15(13(2)16)14-9-6-7-10-17-14/h6-7,9-10,13,15H,5,8,11-12,16H2,1-4H3. The molecule has 19 heavy (non-hydrogen) atoms. The van der Waals surface area contributed by atoms with Gasteiger partial charge in [0.1, 0.15) is 0 Å². The highest BCUT2D eigenvalue weighted by Gasteiger charge is 2.23. The van der Waals surface area contributed by atoms with E-state index in [0.717, 1.165) is 31.7 Å². The van der Waals surface area contributed by atoms with Crippen LogP contribution in [0.2, 0.25) is 0 Å². The summed E-state index contributed by atoms with van der Waals surface area (Å²) in [5.74, 6) is 0. The van der Waals surface area contributed by atoms with Crippen LogP contribution in [0.4, 0.5) is 0 Å². The van der Waals surface area contributed by atoms with Crippen LogP contribution in [0.15, 0.2) is 24.4 Å². The fourth-order valence-electron chi connectivity index (χ4n) is 2.42. The van der Waals surface area contributed by atoms with Crippen molar-refractivity contribution in [3.8, 4) is 0 Å². The first-order valence-electron chi connectivity index (χ1n) is 7.11. The molecule has 108 valence electrons. The lowest BCUT2D eigenvalue weighted by Crippen LogP contribution is -2.41. The fraction of sp³-hybridized carbons (Fsp3) is 0.667. The minimum Gasteiger partial charge on any atom is -0.326 e. The van der Waals surface area contributed by atoms with E-state index < -0.39 is 0 Å². The Balaban J connectivity index is 2.72. The third kappa shape index (κ3) is 5.27. The van der Waals surface area contributed by atoms with Crippen molar-refractivity contribution in [2.75, 3.05) is 33.7 Å². The quantitative estimate of drug-likeness (QED) is 0.777. The Morgan fingerprint density at radius 1 is 1.26 bits per heavy atom. The van der Waals surface area contributed by atoms with Crippen LogP contribution in [0.3, 0.4) is 0 Å². The molecule has 4 nitrogen and oxygen atoms in total. The molecule has 0 aliphatic heterocycles. The summed E-state index contributed by atoms with van der Waals surface area (Å²) in [6.07, 6.45) is 3.00. The molecule has 0 spiro atoms. The number of hydrogen-bond donors (Lipinski definition) is 1. The largest absolute Gasteiger partial charge is 0.326 e. The SMILES string of the molecule is CCN(CCCN(C)C)C(c1ccccn1)C(C)N. The number of likely N-dealkylation sites (N-methyl/N-ethyl adjacent to an activating group) is 1. The first-order valence-corrected chi connectivity index (χ1v) is 7.11. The molecule has 0 aromatic carbocycles. The Bertz CT molecular complexity index is 337. The van der Waals surface area contributed by atoms with Crippen molar-refractivity contribution in [1.82, 2.24) is 14.8 Å². The molecule has 1 aromatic heterocycles. The van der Waals surface area contributed by atoms with Crippen LogP contribution in [0.5, 0.6) is 0 Å². The van der Waals surface area contributed by atoms with Crippen molar-refractivity contribution in [3.05, 3.63) is 30.1 Å². The Kier molecular flexibility index (Phi) is 6.99. The van der Waals surface area contributed by atoms with E-state index in [1.54, 1.807) is 0 Å². The highest BCUT2D eigenvalue weighted by Crippen LogP contribution is 2.21. The summed E-state index contributed by atoms with van der Waals surface area (Å²) in [7, 11) is 4.22. The highest BCUT2D eigenvalue weighted by molar-refractivity contribution is 5.11. The second kappa shape index (κ2) is 8.25. The second-order valence-electron chi connectivity index (χ2n) is 5.34. The normalized spacial score (nSPS) is 14.9. The summed E-state index contributed by atoms with van der Waals surface area (Å²) < 4.78 is 0. The molecule has 0 aliphatic rings. The Hall–Kier alpha value is -0.970. The van der Waals surface area contributed by atoms with E-state index in [2.05, 4.69) is 48.8 Å². The van der Waals surface area contributed by atoms with Gasteiger partial charge in [-0.3, -0.25) is 9.88 Å².